The van der Waals surface area contributed by atoms with E-state index in [1.165, 1.54) is 0 Å². The lowest BCUT2D eigenvalue weighted by atomic mass is 10.1. The number of aromatic nitrogens is 3. The average Bonchev–Trinajstić information content (AvgIpc) is 3.41. The number of hydrogen-bond donors (Lipinski definition) is 0. The van der Waals surface area contributed by atoms with Gasteiger partial charge in [-0.25, -0.2) is 0 Å². The lowest BCUT2D eigenvalue weighted by Gasteiger charge is -2.23. The molecular formula is C23H20N4O2. The average molecular weight is 384 g/mol. The van der Waals surface area contributed by atoms with Crippen LogP contribution >= 0.6 is 0 Å². The Balaban J connectivity index is 1.42. The Hall–Kier alpha value is -3.67. The maximum atomic E-state index is 13.3. The van der Waals surface area contributed by atoms with Crippen molar-refractivity contribution in [2.24, 2.45) is 0 Å². The van der Waals surface area contributed by atoms with Crippen LogP contribution in [0.2, 0.25) is 0 Å². The first kappa shape index (κ1) is 17.4. The highest BCUT2D eigenvalue weighted by atomic mass is 16.5. The van der Waals surface area contributed by atoms with Crippen molar-refractivity contribution < 1.29 is 9.53 Å². The van der Waals surface area contributed by atoms with Gasteiger partial charge in [-0.3, -0.25) is 9.20 Å². The van der Waals surface area contributed by atoms with Crippen molar-refractivity contribution >= 4 is 11.6 Å². The number of fused-ring (bicyclic) bond motifs is 1. The van der Waals surface area contributed by atoms with E-state index in [9.17, 15) is 4.79 Å². The second kappa shape index (κ2) is 7.39. The number of carbonyl (C=O) groups excluding carboxylic acids is 1. The van der Waals surface area contributed by atoms with Crippen molar-refractivity contribution in [2.45, 2.75) is 18.9 Å². The molecule has 1 aliphatic heterocycles. The Morgan fingerprint density at radius 2 is 1.76 bits per heavy atom. The highest BCUT2D eigenvalue weighted by Gasteiger charge is 2.33. The van der Waals surface area contributed by atoms with Gasteiger partial charge in [0.25, 0.3) is 5.91 Å². The molecular weight excluding hydrogens is 364 g/mol. The molecule has 1 atom stereocenters. The van der Waals surface area contributed by atoms with Crippen molar-refractivity contribution in [1.29, 1.82) is 0 Å². The molecule has 6 heteroatoms. The van der Waals surface area contributed by atoms with Crippen molar-refractivity contribution in [2.75, 3.05) is 6.54 Å². The summed E-state index contributed by atoms with van der Waals surface area (Å²) in [5.41, 5.74) is 1.40. The zero-order valence-corrected chi connectivity index (χ0v) is 15.8. The summed E-state index contributed by atoms with van der Waals surface area (Å²) in [7, 11) is 0. The van der Waals surface area contributed by atoms with Crippen LogP contribution in [0.5, 0.6) is 11.5 Å². The smallest absolute Gasteiger partial charge is 0.254 e. The third-order valence-corrected chi connectivity index (χ3v) is 5.21. The fourth-order valence-electron chi connectivity index (χ4n) is 3.85. The molecule has 1 aliphatic rings. The second-order valence-corrected chi connectivity index (χ2v) is 7.09. The fraction of sp³-hybridized carbons (Fsp3) is 0.174. The van der Waals surface area contributed by atoms with Gasteiger partial charge in [0.1, 0.15) is 11.5 Å². The molecule has 2 aromatic heterocycles. The number of nitrogens with zero attached hydrogens (tertiary/aromatic N) is 4. The number of benzene rings is 2. The highest BCUT2D eigenvalue weighted by molar-refractivity contribution is 5.95. The molecule has 0 spiro atoms. The quantitative estimate of drug-likeness (QED) is 0.520. The first-order valence-electron chi connectivity index (χ1n) is 9.73. The summed E-state index contributed by atoms with van der Waals surface area (Å²) in [6.45, 7) is 0.703. The van der Waals surface area contributed by atoms with Crippen molar-refractivity contribution in [3.05, 3.63) is 90.4 Å². The summed E-state index contributed by atoms with van der Waals surface area (Å²) in [6, 6.07) is 22.6. The predicted molar refractivity (Wildman–Crippen MR) is 109 cm³/mol. The number of hydrogen-bond acceptors (Lipinski definition) is 4. The maximum absolute atomic E-state index is 13.3. The fourth-order valence-corrected chi connectivity index (χ4v) is 3.85. The molecule has 1 amide bonds. The Morgan fingerprint density at radius 3 is 2.66 bits per heavy atom. The molecule has 6 nitrogen and oxygen atoms in total. The lowest BCUT2D eigenvalue weighted by Crippen LogP contribution is -2.31. The van der Waals surface area contributed by atoms with Crippen LogP contribution in [0.4, 0.5) is 0 Å². The molecule has 1 saturated heterocycles. The summed E-state index contributed by atoms with van der Waals surface area (Å²) in [6.07, 6.45) is 3.76. The molecule has 5 rings (SSSR count). The Kier molecular flexibility index (Phi) is 4.44. The number of para-hydroxylation sites is 1. The summed E-state index contributed by atoms with van der Waals surface area (Å²) < 4.78 is 7.85. The largest absolute Gasteiger partial charge is 0.457 e. The molecule has 29 heavy (non-hydrogen) atoms. The minimum Gasteiger partial charge on any atom is -0.457 e. The molecule has 2 aromatic carbocycles. The standard InChI is InChI=1S/C23H20N4O2/c28-23(17-8-6-11-19(16-17)29-18-9-2-1-3-10-18)26-15-7-12-20(26)22-25-24-21-13-4-5-14-27(21)22/h1-6,8-11,13-14,16,20H,7,12,15H2. The normalized spacial score (nSPS) is 16.3. The van der Waals surface area contributed by atoms with Crippen LogP contribution in [-0.4, -0.2) is 31.9 Å². The molecule has 4 aromatic rings. The summed E-state index contributed by atoms with van der Waals surface area (Å²) >= 11 is 0. The predicted octanol–water partition coefficient (Wildman–Crippen LogP) is 4.50. The minimum atomic E-state index is -0.0846. The van der Waals surface area contributed by atoms with Crippen LogP contribution in [0, 0.1) is 0 Å². The summed E-state index contributed by atoms with van der Waals surface area (Å²) in [4.78, 5) is 15.2. The van der Waals surface area contributed by atoms with Gasteiger partial charge in [-0.1, -0.05) is 30.3 Å². The zero-order valence-electron chi connectivity index (χ0n) is 15.8. The van der Waals surface area contributed by atoms with Crippen LogP contribution in [0.15, 0.2) is 79.0 Å². The van der Waals surface area contributed by atoms with Gasteiger partial charge >= 0.3 is 0 Å². The van der Waals surface area contributed by atoms with Gasteiger partial charge in [0.05, 0.1) is 6.04 Å². The monoisotopic (exact) mass is 384 g/mol. The van der Waals surface area contributed by atoms with Gasteiger partial charge in [-0.05, 0) is 55.3 Å². The number of amides is 1. The Morgan fingerprint density at radius 1 is 0.931 bits per heavy atom. The van der Waals surface area contributed by atoms with Crippen LogP contribution in [0.1, 0.15) is 35.1 Å². The summed E-state index contributed by atoms with van der Waals surface area (Å²) in [5.74, 6) is 2.18. The number of pyridine rings is 1. The topological polar surface area (TPSA) is 59.7 Å². The number of ether oxygens (including phenoxy) is 1. The second-order valence-electron chi connectivity index (χ2n) is 7.09. The van der Waals surface area contributed by atoms with Gasteiger partial charge in [-0.15, -0.1) is 10.2 Å². The number of rotatable bonds is 4. The summed E-state index contributed by atoms with van der Waals surface area (Å²) in [5, 5.41) is 8.62. The third-order valence-electron chi connectivity index (χ3n) is 5.21. The first-order valence-corrected chi connectivity index (χ1v) is 9.73. The van der Waals surface area contributed by atoms with Gasteiger partial charge in [-0.2, -0.15) is 0 Å². The van der Waals surface area contributed by atoms with E-state index in [4.69, 9.17) is 4.74 Å². The molecule has 3 heterocycles. The van der Waals surface area contributed by atoms with Crippen LogP contribution in [-0.2, 0) is 0 Å². The molecule has 0 N–H and O–H groups in total. The highest BCUT2D eigenvalue weighted by Crippen LogP contribution is 2.33. The van der Waals surface area contributed by atoms with E-state index in [-0.39, 0.29) is 11.9 Å². The van der Waals surface area contributed by atoms with Crippen molar-refractivity contribution in [3.8, 4) is 11.5 Å². The van der Waals surface area contributed by atoms with E-state index in [1.54, 1.807) is 6.07 Å². The third kappa shape index (κ3) is 3.33. The molecule has 144 valence electrons. The van der Waals surface area contributed by atoms with E-state index in [1.807, 2.05) is 82.2 Å². The van der Waals surface area contributed by atoms with Crippen LogP contribution in [0.3, 0.4) is 0 Å². The van der Waals surface area contributed by atoms with E-state index in [0.717, 1.165) is 30.1 Å². The maximum Gasteiger partial charge on any atom is 0.254 e. The SMILES string of the molecule is O=C(c1cccc(Oc2ccccc2)c1)N1CCCC1c1nnc2ccccn12. The molecule has 1 unspecified atom stereocenters. The van der Waals surface area contributed by atoms with E-state index in [2.05, 4.69) is 10.2 Å². The Labute approximate surface area is 168 Å². The zero-order chi connectivity index (χ0) is 19.6. The molecule has 0 aliphatic carbocycles. The number of likely N-dealkylation sites (tertiary alicyclic amines) is 1. The van der Waals surface area contributed by atoms with E-state index < -0.39 is 0 Å². The molecule has 0 saturated carbocycles. The van der Waals surface area contributed by atoms with Gasteiger partial charge in [0.15, 0.2) is 11.5 Å². The minimum absolute atomic E-state index is 0.0151. The van der Waals surface area contributed by atoms with Crippen LogP contribution in [0.25, 0.3) is 5.65 Å². The van der Waals surface area contributed by atoms with Gasteiger partial charge in [0.2, 0.25) is 0 Å². The van der Waals surface area contributed by atoms with Crippen molar-refractivity contribution in [3.63, 3.8) is 0 Å². The number of carbonyl (C=O) groups is 1. The Bertz CT molecular complexity index is 1160. The van der Waals surface area contributed by atoms with Gasteiger partial charge < -0.3 is 9.64 Å². The first-order chi connectivity index (χ1) is 14.3. The molecule has 1 fully saturated rings. The lowest BCUT2D eigenvalue weighted by molar-refractivity contribution is 0.0729. The van der Waals surface area contributed by atoms with Crippen molar-refractivity contribution in [1.82, 2.24) is 19.5 Å². The molecule has 0 bridgehead atoms. The van der Waals surface area contributed by atoms with Gasteiger partial charge in [0, 0.05) is 18.3 Å². The molecule has 0 radical (unpaired) electrons. The van der Waals surface area contributed by atoms with Crippen LogP contribution < -0.4 is 4.74 Å². The van der Waals surface area contributed by atoms with E-state index in [0.29, 0.717) is 17.9 Å². The van der Waals surface area contributed by atoms with E-state index >= 15 is 0 Å².